The van der Waals surface area contributed by atoms with E-state index in [1.807, 2.05) is 37.3 Å². The van der Waals surface area contributed by atoms with Gasteiger partial charge in [0.15, 0.2) is 6.61 Å². The van der Waals surface area contributed by atoms with Gasteiger partial charge in [0.25, 0.3) is 11.6 Å². The van der Waals surface area contributed by atoms with Gasteiger partial charge in [-0.25, -0.2) is 4.79 Å². The monoisotopic (exact) mass is 342 g/mol. The Morgan fingerprint density at radius 2 is 1.88 bits per heavy atom. The molecule has 0 bridgehead atoms. The largest absolute Gasteiger partial charge is 0.452 e. The predicted molar refractivity (Wildman–Crippen MR) is 91.1 cm³/mol. The van der Waals surface area contributed by atoms with Crippen molar-refractivity contribution in [1.29, 1.82) is 0 Å². The van der Waals surface area contributed by atoms with Crippen LogP contribution in [-0.2, 0) is 9.53 Å². The Balaban J connectivity index is 1.90. The average Bonchev–Trinajstić information content (AvgIpc) is 2.60. The number of esters is 1. The van der Waals surface area contributed by atoms with Crippen molar-refractivity contribution in [3.63, 3.8) is 0 Å². The first kappa shape index (κ1) is 18.1. The van der Waals surface area contributed by atoms with Gasteiger partial charge in [-0.15, -0.1) is 0 Å². The van der Waals surface area contributed by atoms with E-state index in [0.29, 0.717) is 5.56 Å². The predicted octanol–water partition coefficient (Wildman–Crippen LogP) is 2.94. The molecule has 0 radical (unpaired) electrons. The van der Waals surface area contributed by atoms with Gasteiger partial charge in [-0.1, -0.05) is 30.3 Å². The highest BCUT2D eigenvalue weighted by molar-refractivity contribution is 5.91. The SMILES string of the molecule is Cc1cc(C(=O)OCC(=O)NC(C)c2ccccc2)ccc1[N+](=O)[O-]. The second-order valence-corrected chi connectivity index (χ2v) is 5.53. The highest BCUT2D eigenvalue weighted by Gasteiger charge is 2.16. The van der Waals surface area contributed by atoms with E-state index in [4.69, 9.17) is 4.74 Å². The summed E-state index contributed by atoms with van der Waals surface area (Å²) in [4.78, 5) is 34.1. The molecule has 2 rings (SSSR count). The molecule has 2 aromatic carbocycles. The molecule has 0 saturated carbocycles. The zero-order valence-corrected chi connectivity index (χ0v) is 13.9. The maximum Gasteiger partial charge on any atom is 0.338 e. The van der Waals surface area contributed by atoms with Crippen LogP contribution in [0.4, 0.5) is 5.69 Å². The zero-order valence-electron chi connectivity index (χ0n) is 13.9. The van der Waals surface area contributed by atoms with E-state index < -0.39 is 23.4 Å². The maximum atomic E-state index is 12.0. The van der Waals surface area contributed by atoms with Gasteiger partial charge >= 0.3 is 5.97 Å². The molecule has 0 aliphatic rings. The molecule has 1 amide bonds. The van der Waals surface area contributed by atoms with Gasteiger partial charge in [0, 0.05) is 11.6 Å². The number of nitrogens with one attached hydrogen (secondary N) is 1. The van der Waals surface area contributed by atoms with Gasteiger partial charge in [0.2, 0.25) is 0 Å². The summed E-state index contributed by atoms with van der Waals surface area (Å²) >= 11 is 0. The number of benzene rings is 2. The van der Waals surface area contributed by atoms with E-state index in [1.165, 1.54) is 25.1 Å². The number of nitro benzene ring substituents is 1. The smallest absolute Gasteiger partial charge is 0.338 e. The van der Waals surface area contributed by atoms with Gasteiger partial charge in [0.05, 0.1) is 16.5 Å². The summed E-state index contributed by atoms with van der Waals surface area (Å²) in [5.74, 6) is -1.14. The Kier molecular flexibility index (Phi) is 5.84. The van der Waals surface area contributed by atoms with Crippen molar-refractivity contribution in [3.05, 3.63) is 75.3 Å². The number of hydrogen-bond donors (Lipinski definition) is 1. The molecule has 0 saturated heterocycles. The third-order valence-corrected chi connectivity index (χ3v) is 3.64. The summed E-state index contributed by atoms with van der Waals surface area (Å²) in [6.45, 7) is 2.93. The van der Waals surface area contributed by atoms with Crippen LogP contribution in [0.25, 0.3) is 0 Å². The summed E-state index contributed by atoms with van der Waals surface area (Å²) in [7, 11) is 0. The van der Waals surface area contributed by atoms with Crippen LogP contribution in [0, 0.1) is 17.0 Å². The third-order valence-electron chi connectivity index (χ3n) is 3.64. The highest BCUT2D eigenvalue weighted by Crippen LogP contribution is 2.19. The number of nitrogens with zero attached hydrogens (tertiary/aromatic N) is 1. The number of carbonyl (C=O) groups is 2. The molecule has 0 aromatic heterocycles. The Morgan fingerprint density at radius 3 is 2.48 bits per heavy atom. The molecule has 130 valence electrons. The van der Waals surface area contributed by atoms with Gasteiger partial charge in [-0.3, -0.25) is 14.9 Å². The van der Waals surface area contributed by atoms with E-state index in [0.717, 1.165) is 5.56 Å². The number of aryl methyl sites for hydroxylation is 1. The number of carbonyl (C=O) groups excluding carboxylic acids is 2. The summed E-state index contributed by atoms with van der Waals surface area (Å²) in [6.07, 6.45) is 0. The van der Waals surface area contributed by atoms with E-state index in [9.17, 15) is 19.7 Å². The topological polar surface area (TPSA) is 98.5 Å². The summed E-state index contributed by atoms with van der Waals surface area (Å²) in [6, 6.07) is 13.1. The highest BCUT2D eigenvalue weighted by atomic mass is 16.6. The Hall–Kier alpha value is -3.22. The lowest BCUT2D eigenvalue weighted by atomic mass is 10.1. The molecule has 1 unspecified atom stereocenters. The Bertz CT molecular complexity index is 789. The lowest BCUT2D eigenvalue weighted by Crippen LogP contribution is -2.31. The molecular weight excluding hydrogens is 324 g/mol. The van der Waals surface area contributed by atoms with Crippen LogP contribution in [0.1, 0.15) is 34.5 Å². The zero-order chi connectivity index (χ0) is 18.4. The first-order valence-corrected chi connectivity index (χ1v) is 7.65. The molecule has 0 aliphatic heterocycles. The summed E-state index contributed by atoms with van der Waals surface area (Å²) in [5.41, 5.74) is 1.37. The van der Waals surface area contributed by atoms with Crippen molar-refractivity contribution in [1.82, 2.24) is 5.32 Å². The van der Waals surface area contributed by atoms with Crippen molar-refractivity contribution in [2.75, 3.05) is 6.61 Å². The number of nitro groups is 1. The van der Waals surface area contributed by atoms with Crippen molar-refractivity contribution in [3.8, 4) is 0 Å². The van der Waals surface area contributed by atoms with E-state index in [1.54, 1.807) is 0 Å². The maximum absolute atomic E-state index is 12.0. The van der Waals surface area contributed by atoms with Crippen LogP contribution in [0.2, 0.25) is 0 Å². The van der Waals surface area contributed by atoms with Crippen molar-refractivity contribution >= 4 is 17.6 Å². The van der Waals surface area contributed by atoms with Crippen LogP contribution < -0.4 is 5.32 Å². The van der Waals surface area contributed by atoms with Gasteiger partial charge in [-0.2, -0.15) is 0 Å². The second kappa shape index (κ2) is 8.05. The second-order valence-electron chi connectivity index (χ2n) is 5.53. The van der Waals surface area contributed by atoms with E-state index >= 15 is 0 Å². The standard InChI is InChI=1S/C18H18N2O5/c1-12-10-15(8-9-16(12)20(23)24)18(22)25-11-17(21)19-13(2)14-6-4-3-5-7-14/h3-10,13H,11H2,1-2H3,(H,19,21). The van der Waals surface area contributed by atoms with Gasteiger partial charge in [-0.05, 0) is 31.5 Å². The fourth-order valence-electron chi connectivity index (χ4n) is 2.31. The number of ether oxygens (including phenoxy) is 1. The van der Waals surface area contributed by atoms with Crippen LogP contribution in [0.5, 0.6) is 0 Å². The minimum absolute atomic E-state index is 0.0778. The quantitative estimate of drug-likeness (QED) is 0.494. The van der Waals surface area contributed by atoms with Crippen LogP contribution in [0.15, 0.2) is 48.5 Å². The van der Waals surface area contributed by atoms with Crippen LogP contribution >= 0.6 is 0 Å². The lowest BCUT2D eigenvalue weighted by molar-refractivity contribution is -0.385. The Labute approximate surface area is 144 Å². The molecule has 0 fully saturated rings. The molecule has 1 atom stereocenters. The lowest BCUT2D eigenvalue weighted by Gasteiger charge is -2.14. The van der Waals surface area contributed by atoms with Gasteiger partial charge < -0.3 is 10.1 Å². The number of amides is 1. The number of hydrogen-bond acceptors (Lipinski definition) is 5. The van der Waals surface area contributed by atoms with E-state index in [-0.39, 0.29) is 17.3 Å². The minimum atomic E-state index is -0.708. The molecular formula is C18H18N2O5. The fraction of sp³-hybridized carbons (Fsp3) is 0.222. The van der Waals surface area contributed by atoms with Crippen molar-refractivity contribution in [2.45, 2.75) is 19.9 Å². The molecule has 1 N–H and O–H groups in total. The number of rotatable bonds is 6. The van der Waals surface area contributed by atoms with Crippen LogP contribution in [0.3, 0.4) is 0 Å². The first-order valence-electron chi connectivity index (χ1n) is 7.65. The minimum Gasteiger partial charge on any atom is -0.452 e. The first-order chi connectivity index (χ1) is 11.9. The average molecular weight is 342 g/mol. The van der Waals surface area contributed by atoms with Gasteiger partial charge in [0.1, 0.15) is 0 Å². The molecule has 7 heteroatoms. The summed E-state index contributed by atoms with van der Waals surface area (Å²) < 4.78 is 4.96. The third kappa shape index (κ3) is 4.87. The van der Waals surface area contributed by atoms with Crippen molar-refractivity contribution < 1.29 is 19.2 Å². The molecule has 7 nitrogen and oxygen atoms in total. The molecule has 2 aromatic rings. The van der Waals surface area contributed by atoms with Crippen molar-refractivity contribution in [2.24, 2.45) is 0 Å². The fourth-order valence-corrected chi connectivity index (χ4v) is 2.31. The molecule has 0 aliphatic carbocycles. The molecule has 25 heavy (non-hydrogen) atoms. The summed E-state index contributed by atoms with van der Waals surface area (Å²) in [5, 5.41) is 13.5. The normalized spacial score (nSPS) is 11.4. The van der Waals surface area contributed by atoms with Crippen LogP contribution in [-0.4, -0.2) is 23.4 Å². The van der Waals surface area contributed by atoms with E-state index in [2.05, 4.69) is 5.32 Å². The Morgan fingerprint density at radius 1 is 1.20 bits per heavy atom. The molecule has 0 spiro atoms. The molecule has 0 heterocycles.